The number of carbonyl (C=O) groups is 2. The third-order valence-corrected chi connectivity index (χ3v) is 7.29. The van der Waals surface area contributed by atoms with E-state index >= 15 is 0 Å². The van der Waals surface area contributed by atoms with E-state index in [1.54, 1.807) is 0 Å². The molecule has 3 aliphatic rings. The van der Waals surface area contributed by atoms with Gasteiger partial charge in [-0.15, -0.1) is 0 Å². The number of nitrogens with zero attached hydrogens (tertiary/aromatic N) is 2. The van der Waals surface area contributed by atoms with Crippen molar-refractivity contribution in [2.24, 2.45) is 11.8 Å². The summed E-state index contributed by atoms with van der Waals surface area (Å²) < 4.78 is 11.5. The summed E-state index contributed by atoms with van der Waals surface area (Å²) in [4.78, 5) is 29.9. The Bertz CT molecular complexity index is 845. The maximum Gasteiger partial charge on any atom is 0.326 e. The third-order valence-electron chi connectivity index (χ3n) is 7.29. The van der Waals surface area contributed by atoms with Crippen LogP contribution in [0.3, 0.4) is 0 Å². The van der Waals surface area contributed by atoms with Crippen LogP contribution in [0, 0.1) is 11.8 Å². The molecule has 2 fully saturated rings. The zero-order chi connectivity index (χ0) is 22.2. The van der Waals surface area contributed by atoms with E-state index in [2.05, 4.69) is 36.2 Å². The average molecular weight is 430 g/mol. The Balaban J connectivity index is 1.51. The van der Waals surface area contributed by atoms with Crippen LogP contribution in [0.5, 0.6) is 11.5 Å². The fraction of sp³-hybridized carbons (Fsp3) is 0.667. The SMILES string of the molecule is CCOc1cc2c(cc1OCC)CN(CN1C(=O)NC3(C1=O)[C@@H](C)CCC[C@@H]3C)CC2. The van der Waals surface area contributed by atoms with E-state index in [-0.39, 0.29) is 23.8 Å². The maximum absolute atomic E-state index is 13.5. The van der Waals surface area contributed by atoms with Crippen LogP contribution < -0.4 is 14.8 Å². The highest BCUT2D eigenvalue weighted by Gasteiger charge is 2.58. The third kappa shape index (κ3) is 3.77. The van der Waals surface area contributed by atoms with Crippen molar-refractivity contribution >= 4 is 11.9 Å². The minimum atomic E-state index is -0.739. The van der Waals surface area contributed by atoms with Gasteiger partial charge in [-0.05, 0) is 68.2 Å². The molecular formula is C24H35N3O4. The number of hydrogen-bond donors (Lipinski definition) is 1. The molecule has 2 atom stereocenters. The quantitative estimate of drug-likeness (QED) is 0.701. The molecule has 0 aromatic heterocycles. The van der Waals surface area contributed by atoms with Gasteiger partial charge >= 0.3 is 6.03 Å². The van der Waals surface area contributed by atoms with Gasteiger partial charge in [-0.2, -0.15) is 0 Å². The van der Waals surface area contributed by atoms with Gasteiger partial charge in [0.25, 0.3) is 5.91 Å². The Morgan fingerprint density at radius 3 is 2.26 bits per heavy atom. The van der Waals surface area contributed by atoms with Crippen molar-refractivity contribution < 1.29 is 19.1 Å². The number of benzene rings is 1. The molecule has 170 valence electrons. The molecular weight excluding hydrogens is 394 g/mol. The minimum absolute atomic E-state index is 0.0512. The first-order valence-corrected chi connectivity index (χ1v) is 11.7. The lowest BCUT2D eigenvalue weighted by Crippen LogP contribution is -2.59. The zero-order valence-corrected chi connectivity index (χ0v) is 19.2. The van der Waals surface area contributed by atoms with Gasteiger partial charge in [-0.1, -0.05) is 20.3 Å². The first kappa shape index (κ1) is 21.9. The lowest BCUT2D eigenvalue weighted by molar-refractivity contribution is -0.138. The minimum Gasteiger partial charge on any atom is -0.490 e. The van der Waals surface area contributed by atoms with E-state index in [1.165, 1.54) is 16.0 Å². The maximum atomic E-state index is 13.5. The van der Waals surface area contributed by atoms with Crippen LogP contribution in [-0.4, -0.2) is 53.7 Å². The summed E-state index contributed by atoms with van der Waals surface area (Å²) in [5.41, 5.74) is 1.67. The van der Waals surface area contributed by atoms with Crippen molar-refractivity contribution in [3.05, 3.63) is 23.3 Å². The Labute approximate surface area is 185 Å². The molecule has 1 N–H and O–H groups in total. The van der Waals surface area contributed by atoms with Crippen LogP contribution in [0.4, 0.5) is 4.79 Å². The molecule has 1 aromatic carbocycles. The number of nitrogens with one attached hydrogen (secondary N) is 1. The Morgan fingerprint density at radius 1 is 1.03 bits per heavy atom. The highest BCUT2D eigenvalue weighted by Crippen LogP contribution is 2.42. The van der Waals surface area contributed by atoms with Crippen molar-refractivity contribution in [3.63, 3.8) is 0 Å². The summed E-state index contributed by atoms with van der Waals surface area (Å²) in [5, 5.41) is 3.10. The van der Waals surface area contributed by atoms with E-state index < -0.39 is 5.54 Å². The summed E-state index contributed by atoms with van der Waals surface area (Å²) in [5.74, 6) is 1.80. The Hall–Kier alpha value is -2.28. The molecule has 2 aliphatic heterocycles. The first-order valence-electron chi connectivity index (χ1n) is 11.7. The van der Waals surface area contributed by atoms with Crippen molar-refractivity contribution in [1.82, 2.24) is 15.1 Å². The Kier molecular flexibility index (Phi) is 6.15. The van der Waals surface area contributed by atoms with E-state index in [0.29, 0.717) is 26.4 Å². The normalized spacial score (nSPS) is 25.5. The summed E-state index contributed by atoms with van der Waals surface area (Å²) >= 11 is 0. The monoisotopic (exact) mass is 429 g/mol. The van der Waals surface area contributed by atoms with Gasteiger partial charge < -0.3 is 14.8 Å². The summed E-state index contributed by atoms with van der Waals surface area (Å²) in [6.45, 7) is 11.1. The van der Waals surface area contributed by atoms with Gasteiger partial charge in [0.2, 0.25) is 0 Å². The van der Waals surface area contributed by atoms with Crippen LogP contribution in [0.2, 0.25) is 0 Å². The number of hydrogen-bond acceptors (Lipinski definition) is 5. The number of fused-ring (bicyclic) bond motifs is 1. The number of ether oxygens (including phenoxy) is 2. The van der Waals surface area contributed by atoms with Gasteiger partial charge in [0.15, 0.2) is 11.5 Å². The summed E-state index contributed by atoms with van der Waals surface area (Å²) in [6.07, 6.45) is 3.92. The van der Waals surface area contributed by atoms with Crippen molar-refractivity contribution in [2.45, 2.75) is 65.5 Å². The molecule has 7 heteroatoms. The zero-order valence-electron chi connectivity index (χ0n) is 19.2. The fourth-order valence-corrected chi connectivity index (χ4v) is 5.56. The predicted octanol–water partition coefficient (Wildman–Crippen LogP) is 3.55. The molecule has 1 spiro atoms. The molecule has 1 saturated heterocycles. The number of imide groups is 1. The predicted molar refractivity (Wildman–Crippen MR) is 118 cm³/mol. The van der Waals surface area contributed by atoms with E-state index in [9.17, 15) is 9.59 Å². The van der Waals surface area contributed by atoms with Gasteiger partial charge in [0.1, 0.15) is 5.54 Å². The van der Waals surface area contributed by atoms with Crippen LogP contribution in [0.15, 0.2) is 12.1 Å². The van der Waals surface area contributed by atoms with E-state index in [1.807, 2.05) is 13.8 Å². The van der Waals surface area contributed by atoms with Crippen molar-refractivity contribution in [3.8, 4) is 11.5 Å². The van der Waals surface area contributed by atoms with E-state index in [4.69, 9.17) is 9.47 Å². The molecule has 0 radical (unpaired) electrons. The summed E-state index contributed by atoms with van der Waals surface area (Å²) in [7, 11) is 0. The van der Waals surface area contributed by atoms with Crippen molar-refractivity contribution in [1.29, 1.82) is 0 Å². The number of carbonyl (C=O) groups excluding carboxylic acids is 2. The molecule has 3 amide bonds. The van der Waals surface area contributed by atoms with Gasteiger partial charge in [0.05, 0.1) is 19.9 Å². The number of amides is 3. The highest BCUT2D eigenvalue weighted by molar-refractivity contribution is 6.07. The second kappa shape index (κ2) is 8.69. The molecule has 1 aliphatic carbocycles. The van der Waals surface area contributed by atoms with Gasteiger partial charge in [-0.3, -0.25) is 9.69 Å². The topological polar surface area (TPSA) is 71.1 Å². The summed E-state index contributed by atoms with van der Waals surface area (Å²) in [6, 6.07) is 3.88. The van der Waals surface area contributed by atoms with Gasteiger partial charge in [0, 0.05) is 13.1 Å². The number of rotatable bonds is 6. The Morgan fingerprint density at radius 2 is 1.65 bits per heavy atom. The molecule has 4 rings (SSSR count). The second-order valence-corrected chi connectivity index (χ2v) is 9.14. The molecule has 31 heavy (non-hydrogen) atoms. The smallest absolute Gasteiger partial charge is 0.326 e. The number of urea groups is 1. The van der Waals surface area contributed by atoms with Crippen LogP contribution in [0.25, 0.3) is 0 Å². The molecule has 0 unspecified atom stereocenters. The van der Waals surface area contributed by atoms with Gasteiger partial charge in [-0.25, -0.2) is 9.69 Å². The molecule has 2 heterocycles. The fourth-order valence-electron chi connectivity index (χ4n) is 5.56. The standard InChI is InChI=1S/C24H35N3O4/c1-5-30-20-12-18-10-11-26(14-19(18)13-21(20)31-6-2)15-27-22(28)24(25-23(27)29)16(3)8-7-9-17(24)4/h12-13,16-17H,5-11,14-15H2,1-4H3,(H,25,29)/t16-,17-/m0/s1. The van der Waals surface area contributed by atoms with E-state index in [0.717, 1.165) is 43.7 Å². The lowest BCUT2D eigenvalue weighted by atomic mass is 9.67. The molecule has 1 saturated carbocycles. The first-order chi connectivity index (χ1) is 14.9. The van der Waals surface area contributed by atoms with Crippen LogP contribution in [-0.2, 0) is 17.8 Å². The molecule has 0 bridgehead atoms. The molecule has 7 nitrogen and oxygen atoms in total. The molecule has 1 aromatic rings. The highest BCUT2D eigenvalue weighted by atomic mass is 16.5. The van der Waals surface area contributed by atoms with Crippen LogP contribution >= 0.6 is 0 Å². The second-order valence-electron chi connectivity index (χ2n) is 9.14. The lowest BCUT2D eigenvalue weighted by Gasteiger charge is -2.42. The largest absolute Gasteiger partial charge is 0.490 e. The average Bonchev–Trinajstić information content (AvgIpc) is 2.99. The van der Waals surface area contributed by atoms with Crippen molar-refractivity contribution in [2.75, 3.05) is 26.4 Å². The van der Waals surface area contributed by atoms with Crippen LogP contribution in [0.1, 0.15) is 58.1 Å².